The summed E-state index contributed by atoms with van der Waals surface area (Å²) < 4.78 is 33.0. The smallest absolute Gasteiger partial charge is 0.241 e. The van der Waals surface area contributed by atoms with E-state index in [9.17, 15) is 8.42 Å². The van der Waals surface area contributed by atoms with Crippen LogP contribution in [-0.2, 0) is 20.6 Å². The number of nitrogens with one attached hydrogen (secondary N) is 1. The highest BCUT2D eigenvalue weighted by Crippen LogP contribution is 2.24. The van der Waals surface area contributed by atoms with E-state index in [1.807, 2.05) is 6.92 Å². The predicted molar refractivity (Wildman–Crippen MR) is 74.8 cm³/mol. The lowest BCUT2D eigenvalue weighted by molar-refractivity contribution is 0.0537. The average molecular weight is 304 g/mol. The number of halogens is 1. The molecule has 4 nitrogen and oxygen atoms in total. The zero-order valence-corrected chi connectivity index (χ0v) is 12.4. The quantitative estimate of drug-likeness (QED) is 0.868. The van der Waals surface area contributed by atoms with Gasteiger partial charge in [0.2, 0.25) is 10.0 Å². The standard InChI is InChI=1S/C13H18ClNO3S/c1-13(6-8-18-9-7-13)15-19(16,17)12-5-3-2-4-11(12)10-14/h2-5,15H,6-10H2,1H3. The Morgan fingerprint density at radius 3 is 2.58 bits per heavy atom. The molecule has 0 unspecified atom stereocenters. The Morgan fingerprint density at radius 2 is 1.95 bits per heavy atom. The van der Waals surface area contributed by atoms with Gasteiger partial charge in [-0.3, -0.25) is 0 Å². The lowest BCUT2D eigenvalue weighted by atomic mass is 9.94. The first kappa shape index (κ1) is 14.8. The second-order valence-corrected chi connectivity index (χ2v) is 6.94. The minimum Gasteiger partial charge on any atom is -0.381 e. The third kappa shape index (κ3) is 3.48. The summed E-state index contributed by atoms with van der Waals surface area (Å²) in [6.07, 6.45) is 1.35. The number of benzene rings is 1. The Labute approximate surface area is 119 Å². The summed E-state index contributed by atoms with van der Waals surface area (Å²) >= 11 is 5.80. The predicted octanol–water partition coefficient (Wildman–Crippen LogP) is 2.27. The fourth-order valence-corrected chi connectivity index (χ4v) is 4.20. The number of ether oxygens (including phenoxy) is 1. The zero-order valence-electron chi connectivity index (χ0n) is 10.9. The second kappa shape index (κ2) is 5.79. The lowest BCUT2D eigenvalue weighted by Crippen LogP contribution is -2.49. The highest BCUT2D eigenvalue weighted by atomic mass is 35.5. The van der Waals surface area contributed by atoms with Gasteiger partial charge in [-0.05, 0) is 31.4 Å². The van der Waals surface area contributed by atoms with Crippen molar-refractivity contribution >= 4 is 21.6 Å². The van der Waals surface area contributed by atoms with Crippen LogP contribution in [-0.4, -0.2) is 27.2 Å². The van der Waals surface area contributed by atoms with Crippen molar-refractivity contribution in [2.24, 2.45) is 0 Å². The molecule has 0 aliphatic carbocycles. The van der Waals surface area contributed by atoms with Gasteiger partial charge in [0.1, 0.15) is 0 Å². The molecular formula is C13H18ClNO3S. The average Bonchev–Trinajstić information content (AvgIpc) is 2.38. The van der Waals surface area contributed by atoms with E-state index in [1.165, 1.54) is 0 Å². The Balaban J connectivity index is 2.27. The molecule has 0 spiro atoms. The Morgan fingerprint density at radius 1 is 1.32 bits per heavy atom. The molecule has 6 heteroatoms. The van der Waals surface area contributed by atoms with Crippen LogP contribution in [0.3, 0.4) is 0 Å². The Kier molecular flexibility index (Phi) is 4.50. The summed E-state index contributed by atoms with van der Waals surface area (Å²) in [6, 6.07) is 6.81. The van der Waals surface area contributed by atoms with Crippen molar-refractivity contribution in [1.82, 2.24) is 4.72 Å². The van der Waals surface area contributed by atoms with Gasteiger partial charge in [-0.2, -0.15) is 0 Å². The molecule has 0 aromatic heterocycles. The largest absolute Gasteiger partial charge is 0.381 e. The highest BCUT2D eigenvalue weighted by Gasteiger charge is 2.33. The van der Waals surface area contributed by atoms with E-state index in [-0.39, 0.29) is 10.8 Å². The van der Waals surface area contributed by atoms with E-state index in [0.717, 1.165) is 0 Å². The van der Waals surface area contributed by atoms with Gasteiger partial charge in [0.15, 0.2) is 0 Å². The molecule has 1 aromatic rings. The lowest BCUT2D eigenvalue weighted by Gasteiger charge is -2.34. The molecule has 1 aliphatic heterocycles. The molecule has 0 amide bonds. The minimum atomic E-state index is -3.55. The molecule has 1 heterocycles. The van der Waals surface area contributed by atoms with Gasteiger partial charge in [-0.1, -0.05) is 18.2 Å². The summed E-state index contributed by atoms with van der Waals surface area (Å²) in [5, 5.41) is 0. The van der Waals surface area contributed by atoms with E-state index in [1.54, 1.807) is 24.3 Å². The van der Waals surface area contributed by atoms with Gasteiger partial charge in [-0.25, -0.2) is 13.1 Å². The van der Waals surface area contributed by atoms with Crippen LogP contribution in [0, 0.1) is 0 Å². The third-order valence-electron chi connectivity index (χ3n) is 3.38. The van der Waals surface area contributed by atoms with Crippen molar-refractivity contribution in [2.45, 2.75) is 36.1 Å². The molecule has 0 radical (unpaired) electrons. The molecule has 0 bridgehead atoms. The number of hydrogen-bond donors (Lipinski definition) is 1. The monoisotopic (exact) mass is 303 g/mol. The molecule has 106 valence electrons. The zero-order chi connectivity index (χ0) is 13.9. The van der Waals surface area contributed by atoms with Crippen molar-refractivity contribution in [3.63, 3.8) is 0 Å². The van der Waals surface area contributed by atoms with Crippen LogP contribution in [0.15, 0.2) is 29.2 Å². The summed E-state index contributed by atoms with van der Waals surface area (Å²) in [7, 11) is -3.55. The maximum Gasteiger partial charge on any atom is 0.241 e. The number of sulfonamides is 1. The van der Waals surface area contributed by atoms with Crippen molar-refractivity contribution in [1.29, 1.82) is 0 Å². The van der Waals surface area contributed by atoms with Gasteiger partial charge in [0, 0.05) is 24.6 Å². The maximum atomic E-state index is 12.5. The van der Waals surface area contributed by atoms with Gasteiger partial charge in [-0.15, -0.1) is 11.6 Å². The van der Waals surface area contributed by atoms with Crippen LogP contribution in [0.25, 0.3) is 0 Å². The van der Waals surface area contributed by atoms with E-state index < -0.39 is 15.6 Å². The molecule has 1 N–H and O–H groups in total. The molecule has 0 saturated carbocycles. The topological polar surface area (TPSA) is 55.4 Å². The van der Waals surface area contributed by atoms with Gasteiger partial charge < -0.3 is 4.74 Å². The summed E-state index contributed by atoms with van der Waals surface area (Å²) in [6.45, 7) is 3.07. The molecule has 1 saturated heterocycles. The first-order chi connectivity index (χ1) is 8.97. The van der Waals surface area contributed by atoms with Gasteiger partial charge in [0.25, 0.3) is 0 Å². The van der Waals surface area contributed by atoms with E-state index in [0.29, 0.717) is 31.6 Å². The van der Waals surface area contributed by atoms with Crippen molar-refractivity contribution < 1.29 is 13.2 Å². The van der Waals surface area contributed by atoms with Gasteiger partial charge in [0.05, 0.1) is 4.90 Å². The highest BCUT2D eigenvalue weighted by molar-refractivity contribution is 7.89. The Bertz CT molecular complexity index is 539. The molecule has 19 heavy (non-hydrogen) atoms. The number of hydrogen-bond acceptors (Lipinski definition) is 3. The molecule has 0 atom stereocenters. The minimum absolute atomic E-state index is 0.177. The second-order valence-electron chi connectivity index (χ2n) is 5.02. The normalized spacial score (nSPS) is 19.3. The third-order valence-corrected chi connectivity index (χ3v) is 5.41. The van der Waals surface area contributed by atoms with Crippen molar-refractivity contribution in [3.05, 3.63) is 29.8 Å². The fourth-order valence-electron chi connectivity index (χ4n) is 2.18. The van der Waals surface area contributed by atoms with Crippen LogP contribution in [0.4, 0.5) is 0 Å². The molecule has 1 aromatic carbocycles. The molecule has 1 aliphatic rings. The number of rotatable bonds is 4. The fraction of sp³-hybridized carbons (Fsp3) is 0.538. The van der Waals surface area contributed by atoms with Crippen molar-refractivity contribution in [2.75, 3.05) is 13.2 Å². The molecular weight excluding hydrogens is 286 g/mol. The molecule has 2 rings (SSSR count). The molecule has 1 fully saturated rings. The first-order valence-electron chi connectivity index (χ1n) is 6.22. The van der Waals surface area contributed by atoms with Crippen LogP contribution >= 0.6 is 11.6 Å². The maximum absolute atomic E-state index is 12.5. The van der Waals surface area contributed by atoms with Crippen LogP contribution in [0.5, 0.6) is 0 Å². The van der Waals surface area contributed by atoms with Crippen LogP contribution in [0.2, 0.25) is 0 Å². The van der Waals surface area contributed by atoms with E-state index in [4.69, 9.17) is 16.3 Å². The summed E-state index contributed by atoms with van der Waals surface area (Å²) in [4.78, 5) is 0.262. The summed E-state index contributed by atoms with van der Waals surface area (Å²) in [5.41, 5.74) is 0.170. The van der Waals surface area contributed by atoms with E-state index in [2.05, 4.69) is 4.72 Å². The van der Waals surface area contributed by atoms with Crippen LogP contribution < -0.4 is 4.72 Å². The SMILES string of the molecule is CC1(NS(=O)(=O)c2ccccc2CCl)CCOCC1. The number of alkyl halides is 1. The van der Waals surface area contributed by atoms with Crippen LogP contribution in [0.1, 0.15) is 25.3 Å². The Hall–Kier alpha value is -0.620. The summed E-state index contributed by atoms with van der Waals surface area (Å²) in [5.74, 6) is 0.177. The first-order valence-corrected chi connectivity index (χ1v) is 8.24. The van der Waals surface area contributed by atoms with Crippen molar-refractivity contribution in [3.8, 4) is 0 Å². The van der Waals surface area contributed by atoms with Gasteiger partial charge >= 0.3 is 0 Å². The van der Waals surface area contributed by atoms with E-state index >= 15 is 0 Å².